The minimum atomic E-state index is -0.169. The van der Waals surface area contributed by atoms with Gasteiger partial charge in [-0.25, -0.2) is 0 Å². The quantitative estimate of drug-likeness (QED) is 0.791. The summed E-state index contributed by atoms with van der Waals surface area (Å²) < 4.78 is 0. The molecule has 0 radical (unpaired) electrons. The molecule has 0 saturated heterocycles. The average molecular weight is 347 g/mol. The number of carbonyl (C=O) groups is 1. The van der Waals surface area contributed by atoms with E-state index in [4.69, 9.17) is 28.3 Å². The van der Waals surface area contributed by atoms with Crippen LogP contribution in [-0.2, 0) is 4.79 Å². The van der Waals surface area contributed by atoms with E-state index in [9.17, 15) is 4.79 Å². The number of para-hydroxylation sites is 1. The lowest BCUT2D eigenvalue weighted by atomic mass is 9.96. The summed E-state index contributed by atoms with van der Waals surface area (Å²) in [5, 5.41) is 12.6. The number of benzene rings is 1. The number of hydrogen-bond acceptors (Lipinski definition) is 3. The first kappa shape index (κ1) is 19.2. The van der Waals surface area contributed by atoms with Gasteiger partial charge in [0, 0.05) is 19.7 Å². The molecule has 2 N–H and O–H groups in total. The molecule has 0 fully saturated rings. The fourth-order valence-electron chi connectivity index (χ4n) is 2.18. The van der Waals surface area contributed by atoms with Gasteiger partial charge in [0.1, 0.15) is 0 Å². The molecular formula is C16H24Cl2N2O2. The summed E-state index contributed by atoms with van der Waals surface area (Å²) in [6.07, 6.45) is 0.635. The second-order valence-corrected chi connectivity index (χ2v) is 7.31. The first-order valence-electron chi connectivity index (χ1n) is 7.30. The third-order valence-electron chi connectivity index (χ3n) is 2.92. The molecule has 0 atom stereocenters. The third-order valence-corrected chi connectivity index (χ3v) is 3.55. The summed E-state index contributed by atoms with van der Waals surface area (Å²) in [6, 6.07) is 5.09. The highest BCUT2D eigenvalue weighted by molar-refractivity contribution is 6.39. The van der Waals surface area contributed by atoms with Crippen molar-refractivity contribution >= 4 is 34.8 Å². The Kier molecular flexibility index (Phi) is 7.63. The largest absolute Gasteiger partial charge is 0.396 e. The maximum Gasteiger partial charge on any atom is 0.238 e. The highest BCUT2D eigenvalue weighted by Gasteiger charge is 2.19. The molecular weight excluding hydrogens is 323 g/mol. The topological polar surface area (TPSA) is 52.6 Å². The second-order valence-electron chi connectivity index (χ2n) is 6.49. The lowest BCUT2D eigenvalue weighted by molar-refractivity contribution is -0.117. The van der Waals surface area contributed by atoms with E-state index in [1.165, 1.54) is 0 Å². The van der Waals surface area contributed by atoms with E-state index >= 15 is 0 Å². The summed E-state index contributed by atoms with van der Waals surface area (Å²) in [5.74, 6) is -0.169. The molecule has 0 spiro atoms. The van der Waals surface area contributed by atoms with Crippen molar-refractivity contribution in [2.45, 2.75) is 27.2 Å². The van der Waals surface area contributed by atoms with Gasteiger partial charge in [0.25, 0.3) is 0 Å². The number of nitrogens with zero attached hydrogens (tertiary/aromatic N) is 1. The highest BCUT2D eigenvalue weighted by atomic mass is 35.5. The fourth-order valence-corrected chi connectivity index (χ4v) is 2.67. The molecule has 0 heterocycles. The molecule has 0 aliphatic heterocycles. The summed E-state index contributed by atoms with van der Waals surface area (Å²) in [7, 11) is 0. The maximum absolute atomic E-state index is 12.2. The van der Waals surface area contributed by atoms with Gasteiger partial charge in [-0.3, -0.25) is 9.69 Å². The molecule has 0 aliphatic rings. The number of nitrogens with one attached hydrogen (secondary N) is 1. The van der Waals surface area contributed by atoms with Crippen molar-refractivity contribution in [2.24, 2.45) is 5.41 Å². The van der Waals surface area contributed by atoms with E-state index in [2.05, 4.69) is 26.1 Å². The Hall–Kier alpha value is -0.810. The van der Waals surface area contributed by atoms with Crippen LogP contribution in [0.4, 0.5) is 5.69 Å². The Morgan fingerprint density at radius 2 is 1.86 bits per heavy atom. The summed E-state index contributed by atoms with van der Waals surface area (Å²) in [4.78, 5) is 14.3. The van der Waals surface area contributed by atoms with Crippen LogP contribution in [-0.4, -0.2) is 42.2 Å². The molecule has 1 rings (SSSR count). The Balaban J connectivity index is 2.70. The van der Waals surface area contributed by atoms with Gasteiger partial charge < -0.3 is 10.4 Å². The van der Waals surface area contributed by atoms with Gasteiger partial charge in [-0.15, -0.1) is 0 Å². The van der Waals surface area contributed by atoms with E-state index in [-0.39, 0.29) is 24.5 Å². The normalized spacial score (nSPS) is 11.8. The van der Waals surface area contributed by atoms with Crippen molar-refractivity contribution in [3.05, 3.63) is 28.2 Å². The number of hydrogen-bond donors (Lipinski definition) is 2. The molecule has 0 aromatic heterocycles. The van der Waals surface area contributed by atoms with Crippen molar-refractivity contribution in [3.8, 4) is 0 Å². The molecule has 0 unspecified atom stereocenters. The van der Waals surface area contributed by atoms with Crippen LogP contribution < -0.4 is 5.32 Å². The van der Waals surface area contributed by atoms with Gasteiger partial charge in [-0.2, -0.15) is 0 Å². The number of halogens is 2. The number of anilines is 1. The van der Waals surface area contributed by atoms with E-state index in [0.29, 0.717) is 28.7 Å². The van der Waals surface area contributed by atoms with Crippen molar-refractivity contribution < 1.29 is 9.90 Å². The van der Waals surface area contributed by atoms with E-state index in [1.54, 1.807) is 18.2 Å². The minimum absolute atomic E-state index is 0.0672. The molecule has 0 aliphatic carbocycles. The van der Waals surface area contributed by atoms with E-state index in [1.807, 2.05) is 4.90 Å². The lowest BCUT2D eigenvalue weighted by Gasteiger charge is -2.29. The van der Waals surface area contributed by atoms with Gasteiger partial charge in [0.15, 0.2) is 0 Å². The second kappa shape index (κ2) is 8.73. The van der Waals surface area contributed by atoms with E-state index in [0.717, 1.165) is 6.54 Å². The van der Waals surface area contributed by atoms with Crippen molar-refractivity contribution in [2.75, 3.05) is 31.6 Å². The van der Waals surface area contributed by atoms with Gasteiger partial charge >= 0.3 is 0 Å². The Labute approximate surface area is 142 Å². The van der Waals surface area contributed by atoms with Crippen molar-refractivity contribution in [3.63, 3.8) is 0 Å². The van der Waals surface area contributed by atoms with Gasteiger partial charge in [-0.05, 0) is 24.0 Å². The van der Waals surface area contributed by atoms with Crippen molar-refractivity contribution in [1.29, 1.82) is 0 Å². The van der Waals surface area contributed by atoms with Gasteiger partial charge in [0.2, 0.25) is 5.91 Å². The summed E-state index contributed by atoms with van der Waals surface area (Å²) in [5.41, 5.74) is 0.506. The number of carbonyl (C=O) groups excluding carboxylic acids is 1. The molecule has 0 saturated carbocycles. The third kappa shape index (κ3) is 6.97. The minimum Gasteiger partial charge on any atom is -0.396 e. The molecule has 4 nitrogen and oxygen atoms in total. The zero-order valence-corrected chi connectivity index (χ0v) is 14.8. The molecule has 0 bridgehead atoms. The zero-order chi connectivity index (χ0) is 16.8. The Morgan fingerprint density at radius 1 is 1.27 bits per heavy atom. The summed E-state index contributed by atoms with van der Waals surface area (Å²) in [6.45, 7) is 8.11. The predicted octanol–water partition coefficient (Wildman–Crippen LogP) is 3.66. The van der Waals surface area contributed by atoms with Crippen LogP contribution in [0.15, 0.2) is 18.2 Å². The average Bonchev–Trinajstić information content (AvgIpc) is 2.38. The standard InChI is InChI=1S/C16H24Cl2N2O2/c1-16(2,3)11-20(8-5-9-21)10-14(22)19-15-12(17)6-4-7-13(15)18/h4,6-7,21H,5,8-11H2,1-3H3,(H,19,22). The molecule has 1 amide bonds. The Bertz CT molecular complexity index is 481. The first-order chi connectivity index (χ1) is 10.2. The number of aliphatic hydroxyl groups is 1. The summed E-state index contributed by atoms with van der Waals surface area (Å²) >= 11 is 12.1. The van der Waals surface area contributed by atoms with Gasteiger partial charge in [0.05, 0.1) is 22.3 Å². The van der Waals surface area contributed by atoms with Crippen LogP contribution in [0, 0.1) is 5.41 Å². The van der Waals surface area contributed by atoms with Crippen molar-refractivity contribution in [1.82, 2.24) is 4.90 Å². The predicted molar refractivity (Wildman–Crippen MR) is 92.7 cm³/mol. The lowest BCUT2D eigenvalue weighted by Crippen LogP contribution is -2.39. The van der Waals surface area contributed by atoms with Crippen LogP contribution in [0.3, 0.4) is 0 Å². The molecule has 6 heteroatoms. The highest BCUT2D eigenvalue weighted by Crippen LogP contribution is 2.29. The maximum atomic E-state index is 12.2. The molecule has 1 aromatic rings. The Morgan fingerprint density at radius 3 is 2.36 bits per heavy atom. The van der Waals surface area contributed by atoms with Crippen LogP contribution in [0.5, 0.6) is 0 Å². The SMILES string of the molecule is CC(C)(C)CN(CCCO)CC(=O)Nc1c(Cl)cccc1Cl. The molecule has 124 valence electrons. The monoisotopic (exact) mass is 346 g/mol. The smallest absolute Gasteiger partial charge is 0.238 e. The molecule has 22 heavy (non-hydrogen) atoms. The molecule has 1 aromatic carbocycles. The fraction of sp³-hybridized carbons (Fsp3) is 0.562. The number of rotatable bonds is 7. The van der Waals surface area contributed by atoms with E-state index < -0.39 is 0 Å². The van der Waals surface area contributed by atoms with Gasteiger partial charge in [-0.1, -0.05) is 50.0 Å². The van der Waals surface area contributed by atoms with Crippen LogP contribution in [0.1, 0.15) is 27.2 Å². The van der Waals surface area contributed by atoms with Crippen LogP contribution in [0.25, 0.3) is 0 Å². The van der Waals surface area contributed by atoms with Crippen LogP contribution >= 0.6 is 23.2 Å². The zero-order valence-electron chi connectivity index (χ0n) is 13.3. The first-order valence-corrected chi connectivity index (χ1v) is 8.05. The van der Waals surface area contributed by atoms with Crippen LogP contribution in [0.2, 0.25) is 10.0 Å². The number of aliphatic hydroxyl groups excluding tert-OH is 1. The number of amides is 1.